The number of rotatable bonds is 11. The van der Waals surface area contributed by atoms with E-state index >= 15 is 0 Å². The van der Waals surface area contributed by atoms with Crippen LogP contribution in [0.25, 0.3) is 6.08 Å². The summed E-state index contributed by atoms with van der Waals surface area (Å²) in [5.41, 5.74) is 3.07. The van der Waals surface area contributed by atoms with E-state index in [4.69, 9.17) is 9.47 Å². The molecule has 1 heterocycles. The Bertz CT molecular complexity index is 1510. The van der Waals surface area contributed by atoms with Crippen molar-refractivity contribution in [1.82, 2.24) is 4.90 Å². The smallest absolute Gasteiger partial charge is 0.294 e. The van der Waals surface area contributed by atoms with E-state index in [1.807, 2.05) is 26.0 Å². The van der Waals surface area contributed by atoms with Crippen LogP contribution in [0.15, 0.2) is 65.6 Å². The summed E-state index contributed by atoms with van der Waals surface area (Å²) >= 11 is 2.86. The first kappa shape index (κ1) is 30.1. The number of benzene rings is 3. The second-order valence-corrected chi connectivity index (χ2v) is 11.0. The molecular formula is C29H26IN3O7S. The average Bonchev–Trinajstić information content (AvgIpc) is 3.20. The number of nitrogens with one attached hydrogen (secondary N) is 1. The van der Waals surface area contributed by atoms with Gasteiger partial charge in [-0.15, -0.1) is 0 Å². The second-order valence-electron chi connectivity index (χ2n) is 8.84. The van der Waals surface area contributed by atoms with Crippen LogP contribution in [0.4, 0.5) is 16.2 Å². The van der Waals surface area contributed by atoms with Gasteiger partial charge in [-0.3, -0.25) is 29.4 Å². The highest BCUT2D eigenvalue weighted by Gasteiger charge is 2.36. The number of aryl methyl sites for hydroxylation is 1. The van der Waals surface area contributed by atoms with Crippen LogP contribution in [-0.2, 0) is 22.6 Å². The monoisotopic (exact) mass is 687 g/mol. The van der Waals surface area contributed by atoms with E-state index in [0.29, 0.717) is 32.9 Å². The summed E-state index contributed by atoms with van der Waals surface area (Å²) in [4.78, 5) is 49.7. The minimum atomic E-state index is -0.553. The van der Waals surface area contributed by atoms with Crippen LogP contribution >= 0.6 is 34.4 Å². The van der Waals surface area contributed by atoms with Gasteiger partial charge in [0.25, 0.3) is 16.8 Å². The van der Waals surface area contributed by atoms with E-state index in [9.17, 15) is 24.5 Å². The van der Waals surface area contributed by atoms with E-state index in [1.165, 1.54) is 12.1 Å². The molecule has 0 unspecified atom stereocenters. The Balaban J connectivity index is 1.46. The van der Waals surface area contributed by atoms with E-state index in [-0.39, 0.29) is 17.2 Å². The lowest BCUT2D eigenvalue weighted by Gasteiger charge is -2.15. The zero-order valence-electron chi connectivity index (χ0n) is 22.2. The minimum absolute atomic E-state index is 0.00515. The van der Waals surface area contributed by atoms with Crippen LogP contribution in [0.3, 0.4) is 0 Å². The molecule has 0 spiro atoms. The van der Waals surface area contributed by atoms with Gasteiger partial charge in [0.05, 0.1) is 20.0 Å². The molecule has 212 valence electrons. The first-order chi connectivity index (χ1) is 19.7. The molecule has 0 atom stereocenters. The van der Waals surface area contributed by atoms with Crippen molar-refractivity contribution >= 4 is 68.9 Å². The quantitative estimate of drug-likeness (QED) is 0.106. The molecule has 1 aliphatic heterocycles. The SMILES string of the molecule is CCOc1cc(/C=C2/SC(=O)N(CC(=O)Nc3ccc(CC)cc3)C2=O)cc(I)c1OCc1ccc([N+](=O)[O-])cc1. The third-order valence-corrected chi connectivity index (χ3v) is 7.69. The number of non-ortho nitro benzene ring substituents is 1. The van der Waals surface area contributed by atoms with E-state index < -0.39 is 28.5 Å². The Morgan fingerprint density at radius 2 is 1.73 bits per heavy atom. The van der Waals surface area contributed by atoms with Crippen LogP contribution in [0.1, 0.15) is 30.5 Å². The lowest BCUT2D eigenvalue weighted by Crippen LogP contribution is -2.36. The average molecular weight is 688 g/mol. The second kappa shape index (κ2) is 13.6. The maximum Gasteiger partial charge on any atom is 0.294 e. The maximum absolute atomic E-state index is 13.0. The summed E-state index contributed by atoms with van der Waals surface area (Å²) in [6.45, 7) is 3.99. The van der Waals surface area contributed by atoms with Crippen molar-refractivity contribution in [3.63, 3.8) is 0 Å². The largest absolute Gasteiger partial charge is 0.490 e. The van der Waals surface area contributed by atoms with Crippen molar-refractivity contribution in [2.75, 3.05) is 18.5 Å². The number of halogens is 1. The summed E-state index contributed by atoms with van der Waals surface area (Å²) in [5, 5.41) is 13.1. The number of thioether (sulfide) groups is 1. The number of amides is 3. The molecule has 0 bridgehead atoms. The normalized spacial score (nSPS) is 13.9. The van der Waals surface area contributed by atoms with Gasteiger partial charge in [-0.25, -0.2) is 0 Å². The van der Waals surface area contributed by atoms with Crippen molar-refractivity contribution in [2.24, 2.45) is 0 Å². The van der Waals surface area contributed by atoms with Crippen LogP contribution < -0.4 is 14.8 Å². The van der Waals surface area contributed by atoms with E-state index in [0.717, 1.165) is 34.2 Å². The molecule has 3 aromatic carbocycles. The van der Waals surface area contributed by atoms with Gasteiger partial charge in [-0.05, 0) is 107 Å². The highest BCUT2D eigenvalue weighted by molar-refractivity contribution is 14.1. The Morgan fingerprint density at radius 3 is 2.37 bits per heavy atom. The van der Waals surface area contributed by atoms with E-state index in [1.54, 1.807) is 42.5 Å². The van der Waals surface area contributed by atoms with Crippen molar-refractivity contribution in [2.45, 2.75) is 26.9 Å². The van der Waals surface area contributed by atoms with Gasteiger partial charge in [0, 0.05) is 17.8 Å². The molecule has 0 radical (unpaired) electrons. The standard InChI is InChI=1S/C29H26IN3O7S/c1-3-18-5-9-21(10-6-18)31-26(34)16-32-28(35)25(41-29(32)36)15-20-13-23(30)27(24(14-20)39-4-2)40-17-19-7-11-22(12-8-19)33(37)38/h5-15H,3-4,16-17H2,1-2H3,(H,31,34)/b25-15+. The fourth-order valence-electron chi connectivity index (χ4n) is 3.90. The van der Waals surface area contributed by atoms with E-state index in [2.05, 4.69) is 27.9 Å². The first-order valence-corrected chi connectivity index (χ1v) is 14.5. The molecule has 3 amide bonds. The number of ether oxygens (including phenoxy) is 2. The third-order valence-electron chi connectivity index (χ3n) is 5.98. The topological polar surface area (TPSA) is 128 Å². The minimum Gasteiger partial charge on any atom is -0.490 e. The fourth-order valence-corrected chi connectivity index (χ4v) is 5.52. The number of carbonyl (C=O) groups is 3. The molecule has 1 N–H and O–H groups in total. The highest BCUT2D eigenvalue weighted by Crippen LogP contribution is 2.38. The number of hydrogen-bond acceptors (Lipinski definition) is 8. The van der Waals surface area contributed by atoms with Gasteiger partial charge in [0.2, 0.25) is 5.91 Å². The molecule has 1 aliphatic rings. The van der Waals surface area contributed by atoms with Gasteiger partial charge < -0.3 is 14.8 Å². The fraction of sp³-hybridized carbons (Fsp3) is 0.207. The molecule has 3 aromatic rings. The maximum atomic E-state index is 13.0. The zero-order valence-corrected chi connectivity index (χ0v) is 25.2. The summed E-state index contributed by atoms with van der Waals surface area (Å²) in [6.07, 6.45) is 2.46. The first-order valence-electron chi connectivity index (χ1n) is 12.6. The Morgan fingerprint density at radius 1 is 1.05 bits per heavy atom. The van der Waals surface area contributed by atoms with Gasteiger partial charge in [0.1, 0.15) is 13.2 Å². The predicted octanol–water partition coefficient (Wildman–Crippen LogP) is 6.41. The number of nitrogens with zero attached hydrogens (tertiary/aromatic N) is 2. The highest BCUT2D eigenvalue weighted by atomic mass is 127. The summed E-state index contributed by atoms with van der Waals surface area (Å²) in [6, 6.07) is 16.9. The third kappa shape index (κ3) is 7.64. The van der Waals surface area contributed by atoms with Crippen LogP contribution in [0, 0.1) is 13.7 Å². The summed E-state index contributed by atoms with van der Waals surface area (Å²) in [7, 11) is 0. The van der Waals surface area contributed by atoms with Crippen LogP contribution in [0.2, 0.25) is 0 Å². The predicted molar refractivity (Wildman–Crippen MR) is 165 cm³/mol. The Labute approximate surface area is 254 Å². The van der Waals surface area contributed by atoms with Crippen LogP contribution in [-0.4, -0.2) is 40.0 Å². The van der Waals surface area contributed by atoms with Gasteiger partial charge >= 0.3 is 0 Å². The number of hydrogen-bond donors (Lipinski definition) is 1. The molecule has 41 heavy (non-hydrogen) atoms. The zero-order chi connectivity index (χ0) is 29.5. The van der Waals surface area contributed by atoms with Crippen molar-refractivity contribution in [3.8, 4) is 11.5 Å². The molecule has 4 rings (SSSR count). The van der Waals surface area contributed by atoms with Crippen LogP contribution in [0.5, 0.6) is 11.5 Å². The number of nitro groups is 1. The molecule has 0 aromatic heterocycles. The van der Waals surface area contributed by atoms with Gasteiger partial charge in [-0.1, -0.05) is 19.1 Å². The Kier molecular flexibility index (Phi) is 10.00. The lowest BCUT2D eigenvalue weighted by molar-refractivity contribution is -0.384. The van der Waals surface area contributed by atoms with Gasteiger partial charge in [0.15, 0.2) is 11.5 Å². The molecule has 12 heteroatoms. The molecule has 1 fully saturated rings. The number of anilines is 1. The molecule has 1 saturated heterocycles. The Hall–Kier alpha value is -3.91. The number of carbonyl (C=O) groups excluding carboxylic acids is 3. The molecule has 0 saturated carbocycles. The summed E-state index contributed by atoms with van der Waals surface area (Å²) in [5.74, 6) is -0.0941. The number of imide groups is 1. The molecule has 10 nitrogen and oxygen atoms in total. The van der Waals surface area contributed by atoms with Crippen molar-refractivity contribution in [1.29, 1.82) is 0 Å². The molecule has 0 aliphatic carbocycles. The van der Waals surface area contributed by atoms with Crippen molar-refractivity contribution in [3.05, 3.63) is 95.9 Å². The van der Waals surface area contributed by atoms with Gasteiger partial charge in [-0.2, -0.15) is 0 Å². The summed E-state index contributed by atoms with van der Waals surface area (Å²) < 4.78 is 12.5. The van der Waals surface area contributed by atoms with Crippen molar-refractivity contribution < 1.29 is 28.8 Å². The number of nitro benzene ring substituents is 1. The molecular weight excluding hydrogens is 661 g/mol. The lowest BCUT2D eigenvalue weighted by atomic mass is 10.1.